The Balaban J connectivity index is 0.881. The number of nitrogens with zero attached hydrogens (tertiary/aromatic N) is 5. The third-order valence-corrected chi connectivity index (χ3v) is 23.2. The van der Waals surface area contributed by atoms with E-state index >= 15 is 0 Å². The van der Waals surface area contributed by atoms with Crippen LogP contribution in [0.2, 0.25) is 0 Å². The van der Waals surface area contributed by atoms with E-state index in [9.17, 15) is 0 Å². The van der Waals surface area contributed by atoms with Gasteiger partial charge in [0.05, 0.1) is 37.8 Å². The van der Waals surface area contributed by atoms with Crippen LogP contribution in [-0.4, -0.2) is 13.4 Å². The number of hydrogen-bond acceptors (Lipinski definition) is 8. The van der Waals surface area contributed by atoms with Gasteiger partial charge in [-0.1, -0.05) is 224 Å². The summed E-state index contributed by atoms with van der Waals surface area (Å²) in [6.45, 7) is -0.429. The van der Waals surface area contributed by atoms with Gasteiger partial charge in [0, 0.05) is 99.4 Å². The van der Waals surface area contributed by atoms with Crippen LogP contribution in [0.25, 0.3) is 51.5 Å². The molecule has 0 saturated carbocycles. The standard InChI is InChI=1S/C90H57B2N5OS2/c1-6-28-58(29-7-1)65-38-16-21-45-74(65)93(59-30-8-2-9-31-59)64-54-82-88-84(55-64)98-83-49-23-20-44-71(83)92(88)73-56-72-78(57-79(73)97(82)77-48-27-42-69-67-40-18-25-51-86(67)100-90(69)77)96(62-36-14-5-15-37-62)81-53-63(52-80-87(81)91(72)70-43-19-22-46-75(70)95(80)61-34-12-4-13-35-61)94(60-32-10-3-11-33-60)76-47-26-41-68-66-39-17-24-50-85(66)99-89(68)76/h1-57H. The first-order valence-corrected chi connectivity index (χ1v) is 35.8. The Hall–Kier alpha value is -12.3. The molecule has 0 radical (unpaired) electrons. The molecule has 2 aromatic heterocycles. The van der Waals surface area contributed by atoms with E-state index in [0.717, 1.165) is 119 Å². The van der Waals surface area contributed by atoms with Crippen LogP contribution in [0, 0.1) is 0 Å². The fourth-order valence-electron chi connectivity index (χ4n) is 16.7. The SMILES string of the molecule is c1ccc(-c2ccccc2N(c2ccccc2)c2cc3c4c(c2)N(c2cccc5c2sc2ccccc25)c2cc5c(cc2B4c2ccccc2O3)B2c3ccccc3N(c3ccccc3)c3cc(N(c4ccccc4)c4cccc6c4sc4ccccc46)cc(c32)N5c2ccccc2)cc1. The van der Waals surface area contributed by atoms with Gasteiger partial charge in [0.2, 0.25) is 0 Å². The van der Waals surface area contributed by atoms with Crippen LogP contribution >= 0.6 is 22.7 Å². The van der Waals surface area contributed by atoms with Gasteiger partial charge in [-0.05, 0) is 154 Å². The smallest absolute Gasteiger partial charge is 0.256 e. The second kappa shape index (κ2) is 22.6. The molecule has 10 heteroatoms. The minimum Gasteiger partial charge on any atom is -0.458 e. The van der Waals surface area contributed by atoms with Crippen molar-refractivity contribution in [3.63, 3.8) is 0 Å². The van der Waals surface area contributed by atoms with Gasteiger partial charge in [-0.25, -0.2) is 0 Å². The molecular formula is C90H57B2N5OS2. The molecule has 0 saturated heterocycles. The summed E-state index contributed by atoms with van der Waals surface area (Å²) < 4.78 is 12.5. The summed E-state index contributed by atoms with van der Waals surface area (Å²) in [5, 5.41) is 4.99. The monoisotopic (exact) mass is 1310 g/mol. The lowest BCUT2D eigenvalue weighted by Gasteiger charge is -2.46. The van der Waals surface area contributed by atoms with Crippen LogP contribution in [0.1, 0.15) is 0 Å². The number of para-hydroxylation sites is 7. The summed E-state index contributed by atoms with van der Waals surface area (Å²) in [4.78, 5) is 12.7. The highest BCUT2D eigenvalue weighted by Crippen LogP contribution is 2.55. The third kappa shape index (κ3) is 8.64. The van der Waals surface area contributed by atoms with E-state index in [-0.39, 0.29) is 13.4 Å². The molecule has 4 aliphatic rings. The van der Waals surface area contributed by atoms with Gasteiger partial charge in [0.25, 0.3) is 13.4 Å². The quantitative estimate of drug-likeness (QED) is 0.127. The zero-order valence-corrected chi connectivity index (χ0v) is 55.7. The molecule has 0 fully saturated rings. The van der Waals surface area contributed by atoms with Crippen molar-refractivity contribution < 1.29 is 4.74 Å². The van der Waals surface area contributed by atoms with Crippen molar-refractivity contribution in [1.29, 1.82) is 0 Å². The molecule has 100 heavy (non-hydrogen) atoms. The molecule has 17 aromatic rings. The average Bonchev–Trinajstić information content (AvgIpc) is 0.877. The van der Waals surface area contributed by atoms with Gasteiger partial charge < -0.3 is 29.2 Å². The second-order valence-electron chi connectivity index (χ2n) is 26.2. The molecule has 21 rings (SSSR count). The molecule has 6 heterocycles. The zero-order valence-electron chi connectivity index (χ0n) is 54.0. The van der Waals surface area contributed by atoms with E-state index in [4.69, 9.17) is 4.74 Å². The lowest BCUT2D eigenvalue weighted by Crippen LogP contribution is -2.64. The van der Waals surface area contributed by atoms with Crippen LogP contribution in [0.5, 0.6) is 11.5 Å². The van der Waals surface area contributed by atoms with Crippen molar-refractivity contribution in [2.24, 2.45) is 0 Å². The Kier molecular flexibility index (Phi) is 12.9. The van der Waals surface area contributed by atoms with Crippen molar-refractivity contribution in [2.75, 3.05) is 24.5 Å². The Labute approximate surface area is 588 Å². The number of thiophene rings is 2. The van der Waals surface area contributed by atoms with Gasteiger partial charge in [-0.3, -0.25) is 0 Å². The van der Waals surface area contributed by atoms with Crippen molar-refractivity contribution in [3.05, 3.63) is 346 Å². The topological polar surface area (TPSA) is 25.4 Å². The van der Waals surface area contributed by atoms with Crippen LogP contribution in [0.3, 0.4) is 0 Å². The average molecular weight is 1310 g/mol. The van der Waals surface area contributed by atoms with E-state index in [1.54, 1.807) is 0 Å². The van der Waals surface area contributed by atoms with E-state index in [1.165, 1.54) is 62.2 Å². The summed E-state index contributed by atoms with van der Waals surface area (Å²) >= 11 is 3.73. The molecule has 0 bridgehead atoms. The van der Waals surface area contributed by atoms with E-state index in [0.29, 0.717) is 0 Å². The van der Waals surface area contributed by atoms with Crippen LogP contribution in [0.15, 0.2) is 346 Å². The largest absolute Gasteiger partial charge is 0.458 e. The first kappa shape index (κ1) is 56.8. The summed E-state index contributed by atoms with van der Waals surface area (Å²) in [6.07, 6.45) is 0. The van der Waals surface area contributed by atoms with Crippen LogP contribution in [-0.2, 0) is 0 Å². The highest BCUT2D eigenvalue weighted by atomic mass is 32.1. The van der Waals surface area contributed by atoms with E-state index < -0.39 is 0 Å². The van der Waals surface area contributed by atoms with E-state index in [2.05, 4.69) is 370 Å². The molecule has 4 aliphatic heterocycles. The molecule has 0 spiro atoms. The summed E-state index contributed by atoms with van der Waals surface area (Å²) in [5.74, 6) is 1.68. The Morgan fingerprint density at radius 3 is 1.41 bits per heavy atom. The van der Waals surface area contributed by atoms with Crippen molar-refractivity contribution in [1.82, 2.24) is 0 Å². The number of ether oxygens (including phenoxy) is 1. The van der Waals surface area contributed by atoms with Gasteiger partial charge in [0.1, 0.15) is 11.5 Å². The highest BCUT2D eigenvalue weighted by Gasteiger charge is 2.49. The molecule has 0 amide bonds. The second-order valence-corrected chi connectivity index (χ2v) is 28.3. The lowest BCUT2D eigenvalue weighted by molar-refractivity contribution is 0.487. The fourth-order valence-corrected chi connectivity index (χ4v) is 19.1. The first-order valence-electron chi connectivity index (χ1n) is 34.2. The maximum Gasteiger partial charge on any atom is 0.256 e. The van der Waals surface area contributed by atoms with E-state index in [1.807, 2.05) is 22.7 Å². The summed E-state index contributed by atoms with van der Waals surface area (Å²) in [6, 6.07) is 128. The van der Waals surface area contributed by atoms with Gasteiger partial charge in [-0.2, -0.15) is 0 Å². The predicted molar refractivity (Wildman–Crippen MR) is 427 cm³/mol. The maximum absolute atomic E-state index is 7.50. The number of rotatable bonds is 10. The maximum atomic E-state index is 7.50. The predicted octanol–water partition coefficient (Wildman–Crippen LogP) is 21.5. The molecule has 15 aromatic carbocycles. The van der Waals surface area contributed by atoms with Gasteiger partial charge >= 0.3 is 0 Å². The third-order valence-electron chi connectivity index (χ3n) is 20.8. The minimum absolute atomic E-state index is 0.200. The summed E-state index contributed by atoms with van der Waals surface area (Å²) in [5.41, 5.74) is 25.7. The lowest BCUT2D eigenvalue weighted by atomic mass is 9.30. The zero-order chi connectivity index (χ0) is 65.5. The molecule has 0 atom stereocenters. The number of hydrogen-bond donors (Lipinski definition) is 0. The fraction of sp³-hybridized carbons (Fsp3) is 0. The van der Waals surface area contributed by atoms with Crippen molar-refractivity contribution >= 4 is 195 Å². The number of benzene rings is 15. The Morgan fingerprint density at radius 2 is 0.730 bits per heavy atom. The number of anilines is 15. The number of fused-ring (bicyclic) bond motifs is 14. The minimum atomic E-state index is -0.229. The molecule has 0 aliphatic carbocycles. The van der Waals surface area contributed by atoms with Gasteiger partial charge in [-0.15, -0.1) is 22.7 Å². The van der Waals surface area contributed by atoms with Gasteiger partial charge in [0.15, 0.2) is 0 Å². The molecule has 0 unspecified atom stereocenters. The first-order chi connectivity index (χ1) is 49.6. The Morgan fingerprint density at radius 1 is 0.270 bits per heavy atom. The molecule has 0 N–H and O–H groups in total. The van der Waals surface area contributed by atoms with Crippen LogP contribution in [0.4, 0.5) is 85.3 Å². The molecule has 466 valence electrons. The van der Waals surface area contributed by atoms with Crippen molar-refractivity contribution in [2.45, 2.75) is 0 Å². The summed E-state index contributed by atoms with van der Waals surface area (Å²) in [7, 11) is 0. The van der Waals surface area contributed by atoms with Crippen LogP contribution < -0.4 is 62.0 Å². The highest BCUT2D eigenvalue weighted by molar-refractivity contribution is 7.27. The normalized spacial score (nSPS) is 13.0. The molecule has 6 nitrogen and oxygen atoms in total. The Bertz CT molecular complexity index is 6150. The molecular weight excluding hydrogens is 1250 g/mol. The van der Waals surface area contributed by atoms with Crippen molar-refractivity contribution in [3.8, 4) is 22.6 Å².